The normalized spacial score (nSPS) is 10.7. The van der Waals surface area contributed by atoms with Crippen LogP contribution in [0.5, 0.6) is 0 Å². The van der Waals surface area contributed by atoms with E-state index in [1.807, 2.05) is 0 Å². The number of rotatable bonds is 2. The van der Waals surface area contributed by atoms with E-state index < -0.39 is 28.7 Å². The molecular weight excluding hydrogens is 333 g/mol. The first-order chi connectivity index (χ1) is 6.45. The van der Waals surface area contributed by atoms with E-state index in [1.165, 1.54) is 22.6 Å². The molecule has 1 aromatic heterocycles. The molecule has 0 amide bonds. The van der Waals surface area contributed by atoms with Crippen LogP contribution in [0.4, 0.5) is 13.2 Å². The van der Waals surface area contributed by atoms with Crippen LogP contribution in [0.1, 0.15) is 22.3 Å². The predicted octanol–water partition coefficient (Wildman–Crippen LogP) is 3.14. The lowest BCUT2D eigenvalue weighted by Crippen LogP contribution is -2.05. The third-order valence-electron chi connectivity index (χ3n) is 1.44. The molecule has 0 aromatic carbocycles. The van der Waals surface area contributed by atoms with Gasteiger partial charge in [-0.3, -0.25) is 4.79 Å². The quantitative estimate of drug-likeness (QED) is 0.472. The van der Waals surface area contributed by atoms with Crippen molar-refractivity contribution in [1.29, 1.82) is 0 Å². The first kappa shape index (κ1) is 11.7. The highest BCUT2D eigenvalue weighted by Crippen LogP contribution is 2.28. The van der Waals surface area contributed by atoms with Crippen LogP contribution < -0.4 is 0 Å². The summed E-state index contributed by atoms with van der Waals surface area (Å²) in [4.78, 5) is 13.9. The van der Waals surface area contributed by atoms with Crippen molar-refractivity contribution in [1.82, 2.24) is 4.98 Å². The smallest absolute Gasteiger partial charge is 0.266 e. The molecule has 7 heteroatoms. The third kappa shape index (κ3) is 2.17. The number of pyridine rings is 1. The second-order valence-electron chi connectivity index (χ2n) is 2.27. The predicted molar refractivity (Wildman–Crippen MR) is 52.1 cm³/mol. The highest BCUT2D eigenvalue weighted by molar-refractivity contribution is 14.1. The number of hydrogen-bond acceptors (Lipinski definition) is 2. The highest BCUT2D eigenvalue weighted by atomic mass is 127. The number of nitrogens with zero attached hydrogens (tertiary/aromatic N) is 1. The summed E-state index contributed by atoms with van der Waals surface area (Å²) in [6.07, 6.45) is -2.30. The van der Waals surface area contributed by atoms with Crippen LogP contribution in [0.25, 0.3) is 0 Å². The number of aromatic nitrogens is 1. The van der Waals surface area contributed by atoms with E-state index in [0.717, 1.165) is 0 Å². The van der Waals surface area contributed by atoms with Gasteiger partial charge in [-0.2, -0.15) is 4.39 Å². The van der Waals surface area contributed by atoms with E-state index >= 15 is 0 Å². The SMILES string of the molecule is O=C(Cl)c1c(C(F)F)cnc(F)c1I. The van der Waals surface area contributed by atoms with Crippen LogP contribution in [0, 0.1) is 9.52 Å². The highest BCUT2D eigenvalue weighted by Gasteiger charge is 2.23. The Morgan fingerprint density at radius 3 is 2.57 bits per heavy atom. The van der Waals surface area contributed by atoms with Crippen molar-refractivity contribution in [2.45, 2.75) is 6.43 Å². The molecule has 0 N–H and O–H groups in total. The van der Waals surface area contributed by atoms with Crippen LogP contribution in [0.3, 0.4) is 0 Å². The molecule has 0 aliphatic heterocycles. The van der Waals surface area contributed by atoms with Gasteiger partial charge in [0, 0.05) is 11.8 Å². The van der Waals surface area contributed by atoms with E-state index in [-0.39, 0.29) is 3.57 Å². The first-order valence-electron chi connectivity index (χ1n) is 3.27. The second-order valence-corrected chi connectivity index (χ2v) is 3.69. The van der Waals surface area contributed by atoms with Crippen LogP contribution in [-0.4, -0.2) is 10.2 Å². The Labute approximate surface area is 95.6 Å². The Bertz CT molecular complexity index is 385. The minimum Gasteiger partial charge on any atom is -0.276 e. The minimum atomic E-state index is -2.91. The Balaban J connectivity index is 3.45. The summed E-state index contributed by atoms with van der Waals surface area (Å²) >= 11 is 6.46. The zero-order chi connectivity index (χ0) is 10.9. The zero-order valence-electron chi connectivity index (χ0n) is 6.40. The van der Waals surface area contributed by atoms with Crippen molar-refractivity contribution in [3.8, 4) is 0 Å². The van der Waals surface area contributed by atoms with Gasteiger partial charge in [0.05, 0.1) is 9.13 Å². The summed E-state index contributed by atoms with van der Waals surface area (Å²) in [5.74, 6) is -0.987. The van der Waals surface area contributed by atoms with E-state index in [2.05, 4.69) is 4.98 Å². The molecule has 1 aromatic rings. The Kier molecular flexibility index (Phi) is 3.71. The molecule has 0 unspecified atom stereocenters. The molecule has 0 radical (unpaired) electrons. The molecule has 0 atom stereocenters. The fourth-order valence-corrected chi connectivity index (χ4v) is 1.90. The Morgan fingerprint density at radius 1 is 1.57 bits per heavy atom. The summed E-state index contributed by atoms with van der Waals surface area (Å²) < 4.78 is 37.2. The summed E-state index contributed by atoms with van der Waals surface area (Å²) in [5.41, 5.74) is -1.18. The van der Waals surface area contributed by atoms with Crippen molar-refractivity contribution in [3.63, 3.8) is 0 Å². The molecule has 76 valence electrons. The zero-order valence-corrected chi connectivity index (χ0v) is 9.31. The third-order valence-corrected chi connectivity index (χ3v) is 2.61. The van der Waals surface area contributed by atoms with E-state index in [4.69, 9.17) is 11.6 Å². The number of halogens is 5. The van der Waals surface area contributed by atoms with Crippen LogP contribution in [0.2, 0.25) is 0 Å². The summed E-state index contributed by atoms with van der Waals surface area (Å²) in [6.45, 7) is 0. The number of carbonyl (C=O) groups is 1. The second kappa shape index (κ2) is 4.43. The lowest BCUT2D eigenvalue weighted by molar-refractivity contribution is 0.106. The molecule has 2 nitrogen and oxygen atoms in total. The van der Waals surface area contributed by atoms with E-state index in [9.17, 15) is 18.0 Å². The van der Waals surface area contributed by atoms with Gasteiger partial charge < -0.3 is 0 Å². The van der Waals surface area contributed by atoms with Gasteiger partial charge in [-0.25, -0.2) is 13.8 Å². The van der Waals surface area contributed by atoms with Crippen molar-refractivity contribution < 1.29 is 18.0 Å². The number of carbonyl (C=O) groups excluding carboxylic acids is 1. The van der Waals surface area contributed by atoms with Crippen LogP contribution in [-0.2, 0) is 0 Å². The fraction of sp³-hybridized carbons (Fsp3) is 0.143. The Morgan fingerprint density at radius 2 is 2.14 bits per heavy atom. The van der Waals surface area contributed by atoms with Gasteiger partial charge in [0.1, 0.15) is 0 Å². The molecular formula is C7H2ClF3INO. The number of hydrogen-bond donors (Lipinski definition) is 0. The van der Waals surface area contributed by atoms with Gasteiger partial charge in [-0.05, 0) is 34.2 Å². The molecule has 0 aliphatic carbocycles. The Hall–Kier alpha value is -0.370. The minimum absolute atomic E-state index is 0.291. The standard InChI is InChI=1S/C7H2ClF3INO/c8-5(14)3-2(6(9)10)1-13-7(11)4(3)12/h1,6H. The average molecular weight is 335 g/mol. The molecule has 14 heavy (non-hydrogen) atoms. The van der Waals surface area contributed by atoms with E-state index in [1.54, 1.807) is 0 Å². The van der Waals surface area contributed by atoms with Gasteiger partial charge in [0.2, 0.25) is 5.95 Å². The van der Waals surface area contributed by atoms with Crippen molar-refractivity contribution in [3.05, 3.63) is 26.8 Å². The van der Waals surface area contributed by atoms with Crippen molar-refractivity contribution >= 4 is 39.4 Å². The van der Waals surface area contributed by atoms with Gasteiger partial charge >= 0.3 is 0 Å². The average Bonchev–Trinajstić information content (AvgIpc) is 2.08. The molecule has 0 fully saturated rings. The maximum absolute atomic E-state index is 12.8. The van der Waals surface area contributed by atoms with Gasteiger partial charge in [0.25, 0.3) is 11.7 Å². The van der Waals surface area contributed by atoms with Crippen LogP contribution >= 0.6 is 34.2 Å². The molecule has 1 rings (SSSR count). The summed E-state index contributed by atoms with van der Waals surface area (Å²) in [6, 6.07) is 0. The van der Waals surface area contributed by atoms with Crippen molar-refractivity contribution in [2.75, 3.05) is 0 Å². The van der Waals surface area contributed by atoms with Crippen molar-refractivity contribution in [2.24, 2.45) is 0 Å². The lowest BCUT2D eigenvalue weighted by Gasteiger charge is -2.06. The number of alkyl halides is 2. The summed E-state index contributed by atoms with van der Waals surface area (Å²) in [5, 5.41) is -1.12. The molecule has 0 bridgehead atoms. The maximum atomic E-state index is 12.8. The monoisotopic (exact) mass is 335 g/mol. The maximum Gasteiger partial charge on any atom is 0.266 e. The molecule has 0 saturated carbocycles. The fourth-order valence-electron chi connectivity index (χ4n) is 0.843. The lowest BCUT2D eigenvalue weighted by atomic mass is 10.1. The topological polar surface area (TPSA) is 30.0 Å². The van der Waals surface area contributed by atoms with Gasteiger partial charge in [0.15, 0.2) is 0 Å². The van der Waals surface area contributed by atoms with E-state index in [0.29, 0.717) is 6.20 Å². The van der Waals surface area contributed by atoms with Gasteiger partial charge in [-0.1, -0.05) is 0 Å². The van der Waals surface area contributed by atoms with Crippen LogP contribution in [0.15, 0.2) is 6.20 Å². The van der Waals surface area contributed by atoms with Gasteiger partial charge in [-0.15, -0.1) is 0 Å². The molecule has 0 aliphatic rings. The molecule has 0 saturated heterocycles. The summed E-state index contributed by atoms with van der Waals surface area (Å²) in [7, 11) is 0. The first-order valence-corrected chi connectivity index (χ1v) is 4.72. The molecule has 1 heterocycles. The molecule has 0 spiro atoms. The largest absolute Gasteiger partial charge is 0.276 e.